The van der Waals surface area contributed by atoms with Crippen LogP contribution in [0, 0.1) is 16.2 Å². The van der Waals surface area contributed by atoms with Gasteiger partial charge >= 0.3 is 6.03 Å². The normalized spacial score (nSPS) is 35.9. The molecule has 3 unspecified atom stereocenters. The van der Waals surface area contributed by atoms with E-state index >= 15 is 0 Å². The average molecular weight is 362 g/mol. The Kier molecular flexibility index (Phi) is 4.86. The third-order valence-corrected chi connectivity index (χ3v) is 6.22. The van der Waals surface area contributed by atoms with E-state index in [9.17, 15) is 14.4 Å². The Morgan fingerprint density at radius 1 is 1.38 bits per heavy atom. The summed E-state index contributed by atoms with van der Waals surface area (Å²) in [4.78, 5) is 40.6. The summed E-state index contributed by atoms with van der Waals surface area (Å²) in [6, 6.07) is 0.0307. The number of rotatable bonds is 3. The van der Waals surface area contributed by atoms with Gasteiger partial charge in [-0.05, 0) is 36.5 Å². The molecule has 0 aromatic heterocycles. The molecule has 3 atom stereocenters. The van der Waals surface area contributed by atoms with Gasteiger partial charge in [0.05, 0.1) is 6.54 Å². The zero-order valence-corrected chi connectivity index (χ0v) is 16.1. The molecule has 2 N–H and O–H groups in total. The van der Waals surface area contributed by atoms with Crippen LogP contribution in [0.5, 0.6) is 0 Å². The van der Waals surface area contributed by atoms with Crippen molar-refractivity contribution in [2.75, 3.05) is 26.2 Å². The monoisotopic (exact) mass is 362 g/mol. The molecule has 0 radical (unpaired) electrons. The number of likely N-dealkylation sites (tertiary alicyclic amines) is 1. The topological polar surface area (TPSA) is 90.9 Å². The maximum absolute atomic E-state index is 12.8. The summed E-state index contributed by atoms with van der Waals surface area (Å²) in [6.45, 7) is 9.00. The fourth-order valence-electron chi connectivity index (χ4n) is 5.49. The van der Waals surface area contributed by atoms with Gasteiger partial charge in [-0.1, -0.05) is 20.8 Å². The molecular formula is C19H30N4O3. The van der Waals surface area contributed by atoms with Gasteiger partial charge < -0.3 is 15.5 Å². The minimum Gasteiger partial charge on any atom is -0.355 e. The van der Waals surface area contributed by atoms with Crippen LogP contribution in [0.25, 0.3) is 0 Å². The molecule has 2 heterocycles. The van der Waals surface area contributed by atoms with Crippen LogP contribution in [0.2, 0.25) is 0 Å². The number of aliphatic imine (C=N–C) groups is 1. The molecule has 7 heteroatoms. The number of nitrogens with one attached hydrogen (secondary N) is 2. The summed E-state index contributed by atoms with van der Waals surface area (Å²) in [7, 11) is 0. The average Bonchev–Trinajstić information content (AvgIpc) is 3.10. The van der Waals surface area contributed by atoms with Crippen LogP contribution < -0.4 is 10.6 Å². The molecule has 2 saturated heterocycles. The van der Waals surface area contributed by atoms with E-state index in [1.165, 1.54) is 0 Å². The van der Waals surface area contributed by atoms with Crippen LogP contribution in [0.3, 0.4) is 0 Å². The van der Waals surface area contributed by atoms with Crippen molar-refractivity contribution in [3.63, 3.8) is 0 Å². The second kappa shape index (κ2) is 6.69. The first-order chi connectivity index (χ1) is 12.1. The minimum absolute atomic E-state index is 0.0369. The van der Waals surface area contributed by atoms with Crippen molar-refractivity contribution in [3.8, 4) is 0 Å². The first-order valence-corrected chi connectivity index (χ1v) is 9.50. The highest BCUT2D eigenvalue weighted by Crippen LogP contribution is 2.46. The molecule has 2 aliphatic heterocycles. The summed E-state index contributed by atoms with van der Waals surface area (Å²) >= 11 is 0. The number of nitrogens with zero attached hydrogens (tertiary/aromatic N) is 2. The third-order valence-electron chi connectivity index (χ3n) is 6.22. The van der Waals surface area contributed by atoms with Gasteiger partial charge in [0, 0.05) is 37.5 Å². The molecule has 3 amide bonds. The number of hydrogen-bond donors (Lipinski definition) is 2. The molecule has 3 aliphatic rings. The van der Waals surface area contributed by atoms with Crippen LogP contribution in [0.15, 0.2) is 4.99 Å². The molecule has 1 saturated carbocycles. The molecule has 0 aromatic carbocycles. The van der Waals surface area contributed by atoms with Crippen LogP contribution >= 0.6 is 0 Å². The lowest BCUT2D eigenvalue weighted by Gasteiger charge is -2.46. The Hall–Kier alpha value is -1.88. The molecule has 1 aliphatic carbocycles. The van der Waals surface area contributed by atoms with Crippen molar-refractivity contribution in [2.45, 2.75) is 58.9 Å². The van der Waals surface area contributed by atoms with E-state index in [0.29, 0.717) is 32.6 Å². The Morgan fingerprint density at radius 2 is 2.15 bits per heavy atom. The van der Waals surface area contributed by atoms with E-state index in [2.05, 4.69) is 36.4 Å². The van der Waals surface area contributed by atoms with Crippen LogP contribution in [0.4, 0.5) is 4.79 Å². The Labute approximate surface area is 155 Å². The van der Waals surface area contributed by atoms with E-state index in [4.69, 9.17) is 0 Å². The Bertz CT molecular complexity index is 643. The molecule has 0 aromatic rings. The predicted molar refractivity (Wildman–Crippen MR) is 97.3 cm³/mol. The van der Waals surface area contributed by atoms with E-state index in [1.54, 1.807) is 6.08 Å². The van der Waals surface area contributed by atoms with Gasteiger partial charge in [0.1, 0.15) is 0 Å². The molecule has 0 bridgehead atoms. The molecule has 7 nitrogen and oxygen atoms in total. The largest absolute Gasteiger partial charge is 0.355 e. The van der Waals surface area contributed by atoms with Gasteiger partial charge in [-0.3, -0.25) is 4.79 Å². The fraction of sp³-hybridized carbons (Fsp3) is 0.842. The van der Waals surface area contributed by atoms with Crippen molar-refractivity contribution in [1.82, 2.24) is 15.5 Å². The standard InChI is InChI=1S/C19H30N4O3/c1-17(2)6-14(7-18(3,9-17)10-20-13-24)22-16(26)23-5-4-19(12-23)8-15(25)21-11-19/h14H,4-12H2,1-3H3,(H,21,25)(H,22,26). The Morgan fingerprint density at radius 3 is 2.81 bits per heavy atom. The smallest absolute Gasteiger partial charge is 0.317 e. The highest BCUT2D eigenvalue weighted by molar-refractivity contribution is 5.80. The lowest BCUT2D eigenvalue weighted by atomic mass is 9.62. The molecule has 3 fully saturated rings. The zero-order valence-electron chi connectivity index (χ0n) is 16.1. The van der Waals surface area contributed by atoms with Crippen molar-refractivity contribution in [2.24, 2.45) is 21.2 Å². The van der Waals surface area contributed by atoms with E-state index in [-0.39, 0.29) is 34.2 Å². The van der Waals surface area contributed by atoms with Gasteiger partial charge in [-0.15, -0.1) is 0 Å². The predicted octanol–water partition coefficient (Wildman–Crippen LogP) is 1.83. The summed E-state index contributed by atoms with van der Waals surface area (Å²) in [5.41, 5.74) is -0.101. The number of carbonyl (C=O) groups excluding carboxylic acids is 3. The highest BCUT2D eigenvalue weighted by Gasteiger charge is 2.46. The second-order valence-corrected chi connectivity index (χ2v) is 9.74. The van der Waals surface area contributed by atoms with Gasteiger partial charge in [0.15, 0.2) is 0 Å². The van der Waals surface area contributed by atoms with Crippen molar-refractivity contribution in [3.05, 3.63) is 0 Å². The SMILES string of the molecule is CC1(C)CC(NC(=O)N2CCC3(CNC(=O)C3)C2)CC(C)(CN=C=O)C1. The molecule has 144 valence electrons. The summed E-state index contributed by atoms with van der Waals surface area (Å²) in [5.74, 6) is 0.0905. The number of urea groups is 1. The summed E-state index contributed by atoms with van der Waals surface area (Å²) < 4.78 is 0. The molecule has 1 spiro atoms. The molecule has 3 rings (SSSR count). The maximum atomic E-state index is 12.8. The van der Waals surface area contributed by atoms with Gasteiger partial charge in [0.2, 0.25) is 12.0 Å². The van der Waals surface area contributed by atoms with Crippen LogP contribution in [-0.4, -0.2) is 55.1 Å². The van der Waals surface area contributed by atoms with E-state index in [1.807, 2.05) is 4.90 Å². The first kappa shape index (κ1) is 18.9. The minimum atomic E-state index is -0.106. The lowest BCUT2D eigenvalue weighted by molar-refractivity contribution is -0.119. The van der Waals surface area contributed by atoms with Gasteiger partial charge in [-0.2, -0.15) is 0 Å². The number of carbonyl (C=O) groups is 2. The lowest BCUT2D eigenvalue weighted by Crippen LogP contribution is -2.51. The maximum Gasteiger partial charge on any atom is 0.317 e. The van der Waals surface area contributed by atoms with Gasteiger partial charge in [-0.25, -0.2) is 14.6 Å². The number of isocyanates is 1. The van der Waals surface area contributed by atoms with Gasteiger partial charge in [0.25, 0.3) is 0 Å². The van der Waals surface area contributed by atoms with Crippen molar-refractivity contribution in [1.29, 1.82) is 0 Å². The van der Waals surface area contributed by atoms with Crippen LogP contribution in [0.1, 0.15) is 52.9 Å². The quantitative estimate of drug-likeness (QED) is 0.593. The van der Waals surface area contributed by atoms with Crippen molar-refractivity contribution < 1.29 is 14.4 Å². The Balaban J connectivity index is 1.61. The van der Waals surface area contributed by atoms with Crippen LogP contribution in [-0.2, 0) is 9.59 Å². The second-order valence-electron chi connectivity index (χ2n) is 9.74. The highest BCUT2D eigenvalue weighted by atomic mass is 16.2. The van der Waals surface area contributed by atoms with Crippen molar-refractivity contribution >= 4 is 18.0 Å². The van der Waals surface area contributed by atoms with E-state index in [0.717, 1.165) is 25.7 Å². The third kappa shape index (κ3) is 4.09. The number of hydrogen-bond acceptors (Lipinski definition) is 4. The summed E-state index contributed by atoms with van der Waals surface area (Å²) in [5, 5.41) is 6.10. The molecular weight excluding hydrogens is 332 g/mol. The fourth-order valence-corrected chi connectivity index (χ4v) is 5.49. The summed E-state index contributed by atoms with van der Waals surface area (Å²) in [6.07, 6.45) is 5.74. The number of amides is 3. The van der Waals surface area contributed by atoms with E-state index < -0.39 is 0 Å². The molecule has 26 heavy (non-hydrogen) atoms. The zero-order chi connectivity index (χ0) is 19.0. The first-order valence-electron chi connectivity index (χ1n) is 9.50.